The third kappa shape index (κ3) is 7.85. The summed E-state index contributed by atoms with van der Waals surface area (Å²) in [5.74, 6) is 3.93. The molecule has 50 heavy (non-hydrogen) atoms. The van der Waals surface area contributed by atoms with Gasteiger partial charge in [0.25, 0.3) is 0 Å². The van der Waals surface area contributed by atoms with E-state index in [-0.39, 0.29) is 11.9 Å². The Morgan fingerprint density at radius 1 is 0.640 bits per heavy atom. The summed E-state index contributed by atoms with van der Waals surface area (Å²) in [5.41, 5.74) is 8.59. The number of fused-ring (bicyclic) bond motifs is 2. The molecule has 8 heteroatoms. The number of hydrogen-bond donors (Lipinski definition) is 0. The van der Waals surface area contributed by atoms with Crippen molar-refractivity contribution in [2.45, 2.75) is 87.9 Å². The summed E-state index contributed by atoms with van der Waals surface area (Å²) in [6, 6.07) is 17.0. The van der Waals surface area contributed by atoms with E-state index in [1.807, 2.05) is 0 Å². The van der Waals surface area contributed by atoms with Gasteiger partial charge in [0.15, 0.2) is 0 Å². The second-order valence-corrected chi connectivity index (χ2v) is 13.9. The molecule has 2 aliphatic carbocycles. The van der Waals surface area contributed by atoms with Crippen LogP contribution in [0, 0.1) is 0 Å². The number of hydrogen-bond acceptors (Lipinski definition) is 8. The van der Waals surface area contributed by atoms with Crippen LogP contribution in [0.4, 0.5) is 0 Å². The number of ether oxygens (including phenoxy) is 4. The molecule has 0 N–H and O–H groups in total. The minimum absolute atomic E-state index is 0.293. The molecule has 2 saturated carbocycles. The van der Waals surface area contributed by atoms with Crippen LogP contribution in [0.1, 0.15) is 129 Å². The average molecular weight is 675 g/mol. The summed E-state index contributed by atoms with van der Waals surface area (Å²) < 4.78 is 21.6. The van der Waals surface area contributed by atoms with E-state index in [0.717, 1.165) is 86.2 Å². The maximum Gasteiger partial charge on any atom is 0.338 e. The molecule has 0 unspecified atom stereocenters. The Hall–Kier alpha value is -4.72. The summed E-state index contributed by atoms with van der Waals surface area (Å²) in [7, 11) is 2.83. The number of carbonyl (C=O) groups excluding carboxylic acids is 2. The zero-order valence-electron chi connectivity index (χ0n) is 29.1. The van der Waals surface area contributed by atoms with E-state index >= 15 is 0 Å². The molecule has 2 aromatic heterocycles. The fourth-order valence-corrected chi connectivity index (χ4v) is 7.43. The van der Waals surface area contributed by atoms with Crippen LogP contribution in [0.2, 0.25) is 0 Å². The van der Waals surface area contributed by atoms with Crippen LogP contribution in [0.15, 0.2) is 73.3 Å². The molecule has 8 nitrogen and oxygen atoms in total. The number of aryl methyl sites for hydroxylation is 2. The largest absolute Gasteiger partial charge is 0.493 e. The number of methoxy groups -OCH3 is 2. The van der Waals surface area contributed by atoms with Gasteiger partial charge in [0.05, 0.1) is 38.6 Å². The highest BCUT2D eigenvalue weighted by molar-refractivity contribution is 5.91. The summed E-state index contributed by atoms with van der Waals surface area (Å²) in [6.45, 7) is 1.53. The molecule has 2 atom stereocenters. The van der Waals surface area contributed by atoms with Gasteiger partial charge in [-0.05, 0) is 146 Å². The maximum absolute atomic E-state index is 11.9. The summed E-state index contributed by atoms with van der Waals surface area (Å²) in [5, 5.41) is 0. The molecule has 0 bridgehead atoms. The highest BCUT2D eigenvalue weighted by atomic mass is 16.5. The van der Waals surface area contributed by atoms with Gasteiger partial charge in [0.2, 0.25) is 0 Å². The summed E-state index contributed by atoms with van der Waals surface area (Å²) >= 11 is 0. The highest BCUT2D eigenvalue weighted by Gasteiger charge is 2.29. The first-order valence-corrected chi connectivity index (χ1v) is 18.1. The molecule has 4 aliphatic rings. The molecular formula is C42H46N2O6. The van der Waals surface area contributed by atoms with E-state index in [0.29, 0.717) is 23.0 Å². The van der Waals surface area contributed by atoms with E-state index in [9.17, 15) is 9.59 Å². The lowest BCUT2D eigenvalue weighted by molar-refractivity contribution is 0.0590. The predicted octanol–water partition coefficient (Wildman–Crippen LogP) is 8.49. The summed E-state index contributed by atoms with van der Waals surface area (Å²) in [6.07, 6.45) is 17.7. The van der Waals surface area contributed by atoms with Crippen molar-refractivity contribution in [3.63, 3.8) is 0 Å². The van der Waals surface area contributed by atoms with Crippen molar-refractivity contribution in [3.8, 4) is 11.5 Å². The van der Waals surface area contributed by atoms with Crippen LogP contribution >= 0.6 is 0 Å². The zero-order chi connectivity index (χ0) is 34.5. The van der Waals surface area contributed by atoms with E-state index in [4.69, 9.17) is 18.9 Å². The van der Waals surface area contributed by atoms with Gasteiger partial charge in [-0.15, -0.1) is 0 Å². The lowest BCUT2D eigenvalue weighted by atomic mass is 9.86. The van der Waals surface area contributed by atoms with Crippen molar-refractivity contribution in [2.24, 2.45) is 0 Å². The van der Waals surface area contributed by atoms with Gasteiger partial charge in [-0.3, -0.25) is 9.97 Å². The van der Waals surface area contributed by atoms with Crippen molar-refractivity contribution < 1.29 is 28.5 Å². The van der Waals surface area contributed by atoms with Crippen molar-refractivity contribution in [1.29, 1.82) is 0 Å². The normalized spacial score (nSPS) is 19.0. The molecule has 2 aliphatic heterocycles. The maximum atomic E-state index is 11.9. The molecule has 4 aromatic rings. The van der Waals surface area contributed by atoms with Crippen molar-refractivity contribution in [2.75, 3.05) is 27.4 Å². The van der Waals surface area contributed by atoms with E-state index < -0.39 is 0 Å². The SMILES string of the molecule is COC(=O)c1ccncc1CC[C@@H]1CCOc2cc(C3CC3)ccc21.COC(=O)c1ccncc1CC[C@H]1CCOc2cc(C3CC3)ccc21. The fourth-order valence-electron chi connectivity index (χ4n) is 7.43. The molecule has 0 spiro atoms. The Bertz CT molecular complexity index is 1700. The van der Waals surface area contributed by atoms with Crippen molar-refractivity contribution in [3.05, 3.63) is 118 Å². The first kappa shape index (κ1) is 33.8. The minimum Gasteiger partial charge on any atom is -0.493 e. The number of esters is 2. The Morgan fingerprint density at radius 2 is 1.08 bits per heavy atom. The molecular weight excluding hydrogens is 628 g/mol. The monoisotopic (exact) mass is 674 g/mol. The van der Waals surface area contributed by atoms with Crippen LogP contribution in [0.25, 0.3) is 0 Å². The first-order chi connectivity index (χ1) is 24.5. The number of pyridine rings is 2. The van der Waals surface area contributed by atoms with Gasteiger partial charge in [-0.25, -0.2) is 9.59 Å². The van der Waals surface area contributed by atoms with Gasteiger partial charge in [-0.2, -0.15) is 0 Å². The highest BCUT2D eigenvalue weighted by Crippen LogP contribution is 2.46. The number of benzene rings is 2. The topological polar surface area (TPSA) is 96.8 Å². The fraction of sp³-hybridized carbons (Fsp3) is 0.429. The molecule has 260 valence electrons. The predicted molar refractivity (Wildman–Crippen MR) is 190 cm³/mol. The average Bonchev–Trinajstić information content (AvgIpc) is 4.10. The molecule has 0 amide bonds. The van der Waals surface area contributed by atoms with Crippen LogP contribution in [0.3, 0.4) is 0 Å². The summed E-state index contributed by atoms with van der Waals surface area (Å²) in [4.78, 5) is 32.2. The number of aromatic nitrogens is 2. The van der Waals surface area contributed by atoms with E-state index in [1.54, 1.807) is 36.9 Å². The van der Waals surface area contributed by atoms with Crippen molar-refractivity contribution in [1.82, 2.24) is 9.97 Å². The Balaban J connectivity index is 0.000000157. The molecule has 4 heterocycles. The third-order valence-electron chi connectivity index (χ3n) is 10.6. The Kier molecular flexibility index (Phi) is 10.4. The number of nitrogens with zero attached hydrogens (tertiary/aromatic N) is 2. The third-order valence-corrected chi connectivity index (χ3v) is 10.6. The number of carbonyl (C=O) groups is 2. The lowest BCUT2D eigenvalue weighted by Crippen LogP contribution is -2.16. The molecule has 0 radical (unpaired) electrons. The van der Waals surface area contributed by atoms with Crippen LogP contribution < -0.4 is 9.47 Å². The van der Waals surface area contributed by atoms with E-state index in [2.05, 4.69) is 46.4 Å². The second-order valence-electron chi connectivity index (χ2n) is 13.9. The molecule has 8 rings (SSSR count). The Morgan fingerprint density at radius 3 is 1.48 bits per heavy atom. The molecule has 2 fully saturated rings. The van der Waals surface area contributed by atoms with Gasteiger partial charge in [0, 0.05) is 24.8 Å². The second kappa shape index (κ2) is 15.4. The van der Waals surface area contributed by atoms with Gasteiger partial charge < -0.3 is 18.9 Å². The first-order valence-electron chi connectivity index (χ1n) is 18.1. The van der Waals surface area contributed by atoms with Crippen LogP contribution in [-0.4, -0.2) is 49.3 Å². The molecule has 2 aromatic carbocycles. The zero-order valence-corrected chi connectivity index (χ0v) is 29.1. The van der Waals surface area contributed by atoms with Gasteiger partial charge >= 0.3 is 11.9 Å². The van der Waals surface area contributed by atoms with Crippen LogP contribution in [0.5, 0.6) is 11.5 Å². The standard InChI is InChI=1S/2C21H23NO3/c2*1-24-21(23)19-8-10-22-13-17(19)5-4-15-9-11-25-20-12-16(14-2-3-14)6-7-18(15)20/h2*6-8,10,12-15H,2-5,9,11H2,1H3/t2*15-/m10/s1. The van der Waals surface area contributed by atoms with E-state index in [1.165, 1.54) is 62.2 Å². The van der Waals surface area contributed by atoms with Gasteiger partial charge in [0.1, 0.15) is 11.5 Å². The minimum atomic E-state index is -0.293. The molecule has 0 saturated heterocycles. The van der Waals surface area contributed by atoms with Crippen LogP contribution in [-0.2, 0) is 22.3 Å². The smallest absolute Gasteiger partial charge is 0.338 e. The van der Waals surface area contributed by atoms with Crippen molar-refractivity contribution >= 4 is 11.9 Å². The quantitative estimate of drug-likeness (QED) is 0.155. The number of rotatable bonds is 10. The van der Waals surface area contributed by atoms with Gasteiger partial charge in [-0.1, -0.05) is 24.3 Å². The lowest BCUT2D eigenvalue weighted by Gasteiger charge is -2.26. The Labute approximate surface area is 294 Å².